The Morgan fingerprint density at radius 3 is 2.82 bits per heavy atom. The standard InChI is InChI=1S/C15H23NO/c1-12-6-7-14(13(2)9-12)10-16-8-4-3-5-15(16)11-17/h6-7,9,15,17H,3-5,8,10-11H2,1-2H3/p+1/t15-/m0/s1. The molecule has 17 heavy (non-hydrogen) atoms. The maximum absolute atomic E-state index is 9.43. The first kappa shape index (κ1) is 12.6. The molecule has 0 spiro atoms. The number of aliphatic hydroxyl groups is 1. The summed E-state index contributed by atoms with van der Waals surface area (Å²) >= 11 is 0. The molecule has 2 atom stereocenters. The summed E-state index contributed by atoms with van der Waals surface area (Å²) in [7, 11) is 0. The molecule has 0 saturated carbocycles. The molecule has 1 unspecified atom stereocenters. The van der Waals surface area contributed by atoms with Crippen LogP contribution in [0, 0.1) is 13.8 Å². The third-order valence-corrected chi connectivity index (χ3v) is 4.01. The molecule has 0 bridgehead atoms. The number of benzene rings is 1. The zero-order valence-electron chi connectivity index (χ0n) is 11.0. The zero-order chi connectivity index (χ0) is 12.3. The Bertz CT molecular complexity index is 375. The van der Waals surface area contributed by atoms with Gasteiger partial charge in [0.2, 0.25) is 0 Å². The molecule has 2 N–H and O–H groups in total. The third kappa shape index (κ3) is 3.08. The fourth-order valence-electron chi connectivity index (χ4n) is 2.89. The van der Waals surface area contributed by atoms with Gasteiger partial charge < -0.3 is 10.0 Å². The molecule has 2 rings (SSSR count). The molecule has 0 amide bonds. The van der Waals surface area contributed by atoms with Crippen LogP contribution in [0.25, 0.3) is 0 Å². The zero-order valence-corrected chi connectivity index (χ0v) is 11.0. The molecule has 2 nitrogen and oxygen atoms in total. The predicted octanol–water partition coefficient (Wildman–Crippen LogP) is 1.23. The van der Waals surface area contributed by atoms with Crippen molar-refractivity contribution in [2.45, 2.75) is 45.7 Å². The van der Waals surface area contributed by atoms with Crippen molar-refractivity contribution in [3.05, 3.63) is 34.9 Å². The Morgan fingerprint density at radius 2 is 2.12 bits per heavy atom. The van der Waals surface area contributed by atoms with E-state index in [2.05, 4.69) is 32.0 Å². The molecule has 0 aliphatic carbocycles. The van der Waals surface area contributed by atoms with E-state index in [1.54, 1.807) is 4.90 Å². The number of piperidine rings is 1. The highest BCUT2D eigenvalue weighted by atomic mass is 16.3. The van der Waals surface area contributed by atoms with E-state index in [1.807, 2.05) is 0 Å². The maximum atomic E-state index is 9.43. The number of aliphatic hydroxyl groups excluding tert-OH is 1. The SMILES string of the molecule is Cc1ccc(C[NH+]2CCCC[C@H]2CO)c(C)c1. The van der Waals surface area contributed by atoms with E-state index < -0.39 is 0 Å². The Labute approximate surface area is 104 Å². The fourth-order valence-corrected chi connectivity index (χ4v) is 2.89. The van der Waals surface area contributed by atoms with E-state index in [9.17, 15) is 5.11 Å². The van der Waals surface area contributed by atoms with Gasteiger partial charge in [0.25, 0.3) is 0 Å². The second-order valence-electron chi connectivity index (χ2n) is 5.39. The predicted molar refractivity (Wildman–Crippen MR) is 70.2 cm³/mol. The van der Waals surface area contributed by atoms with Gasteiger partial charge >= 0.3 is 0 Å². The first-order chi connectivity index (χ1) is 8.20. The summed E-state index contributed by atoms with van der Waals surface area (Å²) in [4.78, 5) is 1.56. The normalized spacial score (nSPS) is 24.9. The van der Waals surface area contributed by atoms with E-state index in [1.165, 1.54) is 42.5 Å². The van der Waals surface area contributed by atoms with Crippen LogP contribution in [0.4, 0.5) is 0 Å². The van der Waals surface area contributed by atoms with Gasteiger partial charge in [-0.15, -0.1) is 0 Å². The second kappa shape index (κ2) is 5.65. The van der Waals surface area contributed by atoms with Crippen LogP contribution in [0.2, 0.25) is 0 Å². The highest BCUT2D eigenvalue weighted by Crippen LogP contribution is 2.10. The van der Waals surface area contributed by atoms with Crippen molar-refractivity contribution >= 4 is 0 Å². The molecule has 1 aromatic carbocycles. The minimum atomic E-state index is 0.334. The van der Waals surface area contributed by atoms with Gasteiger partial charge in [0.15, 0.2) is 0 Å². The molecule has 1 saturated heterocycles. The topological polar surface area (TPSA) is 24.7 Å². The summed E-state index contributed by atoms with van der Waals surface area (Å²) in [5, 5.41) is 9.43. The lowest BCUT2D eigenvalue weighted by Gasteiger charge is -2.31. The van der Waals surface area contributed by atoms with Crippen molar-refractivity contribution < 1.29 is 10.0 Å². The molecule has 1 aliphatic rings. The molecule has 1 aliphatic heterocycles. The summed E-state index contributed by atoms with van der Waals surface area (Å²) in [5.41, 5.74) is 4.16. The number of hydrogen-bond donors (Lipinski definition) is 2. The van der Waals surface area contributed by atoms with E-state index in [0.29, 0.717) is 12.6 Å². The second-order valence-corrected chi connectivity index (χ2v) is 5.39. The van der Waals surface area contributed by atoms with Crippen molar-refractivity contribution in [2.75, 3.05) is 13.2 Å². The molecule has 1 fully saturated rings. The summed E-state index contributed by atoms with van der Waals surface area (Å²) in [5.74, 6) is 0. The smallest absolute Gasteiger partial charge is 0.111 e. The largest absolute Gasteiger partial charge is 0.390 e. The molecule has 0 aromatic heterocycles. The van der Waals surface area contributed by atoms with Crippen LogP contribution in [0.5, 0.6) is 0 Å². The van der Waals surface area contributed by atoms with E-state index in [4.69, 9.17) is 0 Å². The monoisotopic (exact) mass is 234 g/mol. The summed E-state index contributed by atoms with van der Waals surface area (Å²) in [6, 6.07) is 7.15. The van der Waals surface area contributed by atoms with Crippen LogP contribution in [0.1, 0.15) is 36.0 Å². The Balaban J connectivity index is 2.08. The molecule has 0 radical (unpaired) electrons. The van der Waals surface area contributed by atoms with Crippen LogP contribution < -0.4 is 4.90 Å². The van der Waals surface area contributed by atoms with Gasteiger partial charge in [-0.1, -0.05) is 23.8 Å². The lowest BCUT2D eigenvalue weighted by molar-refractivity contribution is -0.944. The number of nitrogens with one attached hydrogen (secondary N) is 1. The lowest BCUT2D eigenvalue weighted by atomic mass is 10.00. The minimum Gasteiger partial charge on any atom is -0.390 e. The van der Waals surface area contributed by atoms with Gasteiger partial charge in [0.1, 0.15) is 12.6 Å². The van der Waals surface area contributed by atoms with Crippen LogP contribution in [0.3, 0.4) is 0 Å². The average molecular weight is 234 g/mol. The van der Waals surface area contributed by atoms with Crippen molar-refractivity contribution in [3.63, 3.8) is 0 Å². The van der Waals surface area contributed by atoms with Gasteiger partial charge in [-0.25, -0.2) is 0 Å². The van der Waals surface area contributed by atoms with Crippen LogP contribution in [0.15, 0.2) is 18.2 Å². The quantitative estimate of drug-likeness (QED) is 0.808. The highest BCUT2D eigenvalue weighted by Gasteiger charge is 2.25. The number of quaternary nitrogens is 1. The van der Waals surface area contributed by atoms with Crippen molar-refractivity contribution in [3.8, 4) is 0 Å². The first-order valence-corrected chi connectivity index (χ1v) is 6.72. The Morgan fingerprint density at radius 1 is 1.29 bits per heavy atom. The summed E-state index contributed by atoms with van der Waals surface area (Å²) in [6.07, 6.45) is 3.76. The Kier molecular flexibility index (Phi) is 4.19. The maximum Gasteiger partial charge on any atom is 0.111 e. The van der Waals surface area contributed by atoms with Gasteiger partial charge in [0.05, 0.1) is 13.2 Å². The average Bonchev–Trinajstić information content (AvgIpc) is 2.33. The van der Waals surface area contributed by atoms with Gasteiger partial charge in [-0.2, -0.15) is 0 Å². The number of hydrogen-bond acceptors (Lipinski definition) is 1. The van der Waals surface area contributed by atoms with Gasteiger partial charge in [0, 0.05) is 12.0 Å². The molecule has 2 heteroatoms. The van der Waals surface area contributed by atoms with Crippen LogP contribution in [-0.2, 0) is 6.54 Å². The Hall–Kier alpha value is -0.860. The van der Waals surface area contributed by atoms with Gasteiger partial charge in [-0.3, -0.25) is 0 Å². The van der Waals surface area contributed by atoms with Crippen molar-refractivity contribution in [1.82, 2.24) is 0 Å². The van der Waals surface area contributed by atoms with E-state index >= 15 is 0 Å². The molecule has 94 valence electrons. The van der Waals surface area contributed by atoms with Gasteiger partial charge in [-0.05, 0) is 32.3 Å². The van der Waals surface area contributed by atoms with Crippen LogP contribution >= 0.6 is 0 Å². The molecular formula is C15H24NO+. The summed E-state index contributed by atoms with van der Waals surface area (Å²) < 4.78 is 0. The minimum absolute atomic E-state index is 0.334. The first-order valence-electron chi connectivity index (χ1n) is 6.72. The number of rotatable bonds is 3. The summed E-state index contributed by atoms with van der Waals surface area (Å²) in [6.45, 7) is 6.94. The highest BCUT2D eigenvalue weighted by molar-refractivity contribution is 5.29. The number of aryl methyl sites for hydroxylation is 2. The van der Waals surface area contributed by atoms with Crippen LogP contribution in [-0.4, -0.2) is 24.3 Å². The van der Waals surface area contributed by atoms with E-state index in [-0.39, 0.29) is 0 Å². The van der Waals surface area contributed by atoms with E-state index in [0.717, 1.165) is 6.54 Å². The molecule has 1 heterocycles. The molecule has 1 aromatic rings. The lowest BCUT2D eigenvalue weighted by Crippen LogP contribution is -3.16. The molecular weight excluding hydrogens is 210 g/mol. The fraction of sp³-hybridized carbons (Fsp3) is 0.600. The third-order valence-electron chi connectivity index (χ3n) is 4.01. The van der Waals surface area contributed by atoms with Crippen molar-refractivity contribution in [2.24, 2.45) is 0 Å². The van der Waals surface area contributed by atoms with Crippen molar-refractivity contribution in [1.29, 1.82) is 0 Å². The number of likely N-dealkylation sites (tertiary alicyclic amines) is 1.